The molecular weight excluding hydrogens is 405 g/mol. The zero-order chi connectivity index (χ0) is 19.4. The van der Waals surface area contributed by atoms with Crippen molar-refractivity contribution < 1.29 is 14.7 Å². The molecule has 2 N–H and O–H groups in total. The monoisotopic (exact) mass is 419 g/mol. The molecule has 0 fully saturated rings. The molecule has 0 aliphatic heterocycles. The predicted octanol–water partition coefficient (Wildman–Crippen LogP) is 5.99. The van der Waals surface area contributed by atoms with Gasteiger partial charge in [0.15, 0.2) is 0 Å². The molecule has 4 nitrogen and oxygen atoms in total. The van der Waals surface area contributed by atoms with Crippen molar-refractivity contribution in [2.24, 2.45) is 0 Å². The van der Waals surface area contributed by atoms with Gasteiger partial charge in [0.25, 0.3) is 0 Å². The molecule has 1 heterocycles. The van der Waals surface area contributed by atoms with Crippen molar-refractivity contribution in [2.45, 2.75) is 12.8 Å². The Balaban J connectivity index is 1.81. The Hall–Kier alpha value is -2.34. The lowest BCUT2D eigenvalue weighted by molar-refractivity contribution is -0.116. The number of aryl methyl sites for hydroxylation is 1. The second-order valence-corrected chi connectivity index (χ2v) is 7.54. The van der Waals surface area contributed by atoms with Crippen LogP contribution in [0.25, 0.3) is 11.1 Å². The number of carboxylic acids is 1. The van der Waals surface area contributed by atoms with E-state index in [9.17, 15) is 14.7 Å². The average Bonchev–Trinajstić information content (AvgIpc) is 3.04. The number of hydrogen-bond acceptors (Lipinski definition) is 3. The SMILES string of the molecule is O=C(CCc1ccccc1)Nc1scc(-c2ccc(Cl)cc2Cl)c1C(=O)O. The first-order valence-electron chi connectivity index (χ1n) is 8.09. The Morgan fingerprint density at radius 1 is 1.04 bits per heavy atom. The molecule has 1 amide bonds. The minimum atomic E-state index is -1.13. The van der Waals surface area contributed by atoms with Crippen LogP contribution in [0.3, 0.4) is 0 Å². The third-order valence-corrected chi connectivity index (χ3v) is 5.41. The van der Waals surface area contributed by atoms with Gasteiger partial charge < -0.3 is 10.4 Å². The summed E-state index contributed by atoms with van der Waals surface area (Å²) >= 11 is 13.3. The second kappa shape index (κ2) is 8.57. The van der Waals surface area contributed by atoms with E-state index in [4.69, 9.17) is 23.2 Å². The molecule has 0 unspecified atom stereocenters. The molecule has 3 rings (SSSR count). The smallest absolute Gasteiger partial charge is 0.339 e. The van der Waals surface area contributed by atoms with E-state index < -0.39 is 5.97 Å². The first-order chi connectivity index (χ1) is 13.0. The van der Waals surface area contributed by atoms with Crippen LogP contribution in [0.5, 0.6) is 0 Å². The highest BCUT2D eigenvalue weighted by molar-refractivity contribution is 7.15. The maximum Gasteiger partial charge on any atom is 0.339 e. The fourth-order valence-corrected chi connectivity index (χ4v) is 4.14. The Labute approximate surface area is 170 Å². The van der Waals surface area contributed by atoms with Gasteiger partial charge in [-0.3, -0.25) is 4.79 Å². The molecule has 0 bridgehead atoms. The van der Waals surface area contributed by atoms with E-state index in [2.05, 4.69) is 5.32 Å². The summed E-state index contributed by atoms with van der Waals surface area (Å²) in [6.07, 6.45) is 0.842. The summed E-state index contributed by atoms with van der Waals surface area (Å²) in [6, 6.07) is 14.5. The van der Waals surface area contributed by atoms with Crippen LogP contribution >= 0.6 is 34.5 Å². The van der Waals surface area contributed by atoms with Gasteiger partial charge in [0, 0.05) is 33.0 Å². The zero-order valence-corrected chi connectivity index (χ0v) is 16.4. The third-order valence-electron chi connectivity index (χ3n) is 3.96. The van der Waals surface area contributed by atoms with Crippen LogP contribution in [0, 0.1) is 0 Å². The fraction of sp³-hybridized carbons (Fsp3) is 0.100. The number of hydrogen-bond donors (Lipinski definition) is 2. The van der Waals surface area contributed by atoms with Gasteiger partial charge in [-0.1, -0.05) is 59.6 Å². The quantitative estimate of drug-likeness (QED) is 0.515. The van der Waals surface area contributed by atoms with Crippen LogP contribution in [-0.2, 0) is 11.2 Å². The van der Waals surface area contributed by atoms with E-state index in [0.29, 0.717) is 32.6 Å². The first kappa shape index (κ1) is 19.4. The van der Waals surface area contributed by atoms with E-state index in [1.165, 1.54) is 0 Å². The predicted molar refractivity (Wildman–Crippen MR) is 110 cm³/mol. The summed E-state index contributed by atoms with van der Waals surface area (Å²) < 4.78 is 0. The van der Waals surface area contributed by atoms with E-state index in [-0.39, 0.29) is 17.9 Å². The molecule has 0 atom stereocenters. The summed E-state index contributed by atoms with van der Waals surface area (Å²) in [5.74, 6) is -1.37. The molecule has 138 valence electrons. The second-order valence-electron chi connectivity index (χ2n) is 5.82. The number of carboxylic acid groups (broad SMARTS) is 1. The lowest BCUT2D eigenvalue weighted by Crippen LogP contribution is -2.14. The van der Waals surface area contributed by atoms with Crippen molar-refractivity contribution in [3.05, 3.63) is 75.1 Å². The highest BCUT2D eigenvalue weighted by atomic mass is 35.5. The first-order valence-corrected chi connectivity index (χ1v) is 9.73. The number of rotatable bonds is 6. The molecule has 0 saturated heterocycles. The molecule has 0 aliphatic rings. The van der Waals surface area contributed by atoms with E-state index in [1.54, 1.807) is 23.6 Å². The standard InChI is InChI=1S/C20H15Cl2NO3S/c21-13-7-8-14(16(22)10-13)15-11-27-19(18(15)20(25)26)23-17(24)9-6-12-4-2-1-3-5-12/h1-5,7-8,10-11H,6,9H2,(H,23,24)(H,25,26). The Morgan fingerprint density at radius 2 is 1.78 bits per heavy atom. The molecule has 3 aromatic rings. The summed E-state index contributed by atoms with van der Waals surface area (Å²) in [5.41, 5.74) is 2.08. The molecular formula is C20H15Cl2NO3S. The van der Waals surface area contributed by atoms with Gasteiger partial charge in [-0.25, -0.2) is 4.79 Å². The van der Waals surface area contributed by atoms with Crippen molar-refractivity contribution >= 4 is 51.4 Å². The molecule has 0 aliphatic carbocycles. The topological polar surface area (TPSA) is 66.4 Å². The third kappa shape index (κ3) is 4.69. The largest absolute Gasteiger partial charge is 0.478 e. The Morgan fingerprint density at radius 3 is 2.44 bits per heavy atom. The van der Waals surface area contributed by atoms with Gasteiger partial charge in [-0.2, -0.15) is 0 Å². The van der Waals surface area contributed by atoms with Crippen LogP contribution in [0.2, 0.25) is 10.0 Å². The highest BCUT2D eigenvalue weighted by Gasteiger charge is 2.22. The molecule has 1 aromatic heterocycles. The molecule has 0 radical (unpaired) electrons. The van der Waals surface area contributed by atoms with Crippen molar-refractivity contribution in [1.29, 1.82) is 0 Å². The fourth-order valence-electron chi connectivity index (χ4n) is 2.66. The van der Waals surface area contributed by atoms with Gasteiger partial charge in [-0.15, -0.1) is 11.3 Å². The Bertz CT molecular complexity index is 986. The van der Waals surface area contributed by atoms with Crippen molar-refractivity contribution in [2.75, 3.05) is 5.32 Å². The molecule has 7 heteroatoms. The van der Waals surface area contributed by atoms with Crippen molar-refractivity contribution in [3.63, 3.8) is 0 Å². The van der Waals surface area contributed by atoms with Gasteiger partial charge in [-0.05, 0) is 24.1 Å². The Kier molecular flexibility index (Phi) is 6.16. The van der Waals surface area contributed by atoms with Crippen LogP contribution in [0.4, 0.5) is 5.00 Å². The maximum atomic E-state index is 12.3. The van der Waals surface area contributed by atoms with E-state index in [1.807, 2.05) is 30.3 Å². The van der Waals surface area contributed by atoms with Gasteiger partial charge in [0.1, 0.15) is 10.6 Å². The van der Waals surface area contributed by atoms with Crippen LogP contribution in [0.1, 0.15) is 22.3 Å². The number of anilines is 1. The van der Waals surface area contributed by atoms with Gasteiger partial charge >= 0.3 is 5.97 Å². The normalized spacial score (nSPS) is 10.6. The summed E-state index contributed by atoms with van der Waals surface area (Å²) in [4.78, 5) is 24.1. The van der Waals surface area contributed by atoms with Crippen molar-refractivity contribution in [3.8, 4) is 11.1 Å². The average molecular weight is 420 g/mol. The molecule has 2 aromatic carbocycles. The number of aromatic carboxylic acids is 1. The van der Waals surface area contributed by atoms with Gasteiger partial charge in [0.05, 0.1) is 0 Å². The minimum absolute atomic E-state index is 0.0253. The number of carbonyl (C=O) groups excluding carboxylic acids is 1. The zero-order valence-electron chi connectivity index (χ0n) is 14.0. The molecule has 0 saturated carbocycles. The number of benzene rings is 2. The van der Waals surface area contributed by atoms with Gasteiger partial charge in [0.2, 0.25) is 5.91 Å². The lowest BCUT2D eigenvalue weighted by atomic mass is 10.0. The minimum Gasteiger partial charge on any atom is -0.478 e. The summed E-state index contributed by atoms with van der Waals surface area (Å²) in [5, 5.41) is 15.1. The maximum absolute atomic E-state index is 12.3. The molecule has 0 spiro atoms. The van der Waals surface area contributed by atoms with Crippen LogP contribution < -0.4 is 5.32 Å². The van der Waals surface area contributed by atoms with Crippen LogP contribution in [-0.4, -0.2) is 17.0 Å². The molecule has 27 heavy (non-hydrogen) atoms. The number of nitrogens with one attached hydrogen (secondary N) is 1. The number of carbonyl (C=O) groups is 2. The lowest BCUT2D eigenvalue weighted by Gasteiger charge is -2.07. The number of amides is 1. The number of halogens is 2. The summed E-state index contributed by atoms with van der Waals surface area (Å²) in [7, 11) is 0. The van der Waals surface area contributed by atoms with E-state index in [0.717, 1.165) is 16.9 Å². The van der Waals surface area contributed by atoms with Crippen LogP contribution in [0.15, 0.2) is 53.9 Å². The summed E-state index contributed by atoms with van der Waals surface area (Å²) in [6.45, 7) is 0. The van der Waals surface area contributed by atoms with Crippen molar-refractivity contribution in [1.82, 2.24) is 0 Å². The highest BCUT2D eigenvalue weighted by Crippen LogP contribution is 2.39. The number of thiophene rings is 1. The van der Waals surface area contributed by atoms with E-state index >= 15 is 0 Å².